The minimum absolute atomic E-state index is 0.0237. The van der Waals surface area contributed by atoms with Crippen LogP contribution in [0.1, 0.15) is 75.3 Å². The number of aryl methyl sites for hydroxylation is 1. The van der Waals surface area contributed by atoms with Gasteiger partial charge in [0.05, 0.1) is 5.41 Å². The largest absolute Gasteiger partial charge is 0.461 e. The van der Waals surface area contributed by atoms with Crippen molar-refractivity contribution >= 4 is 6.29 Å². The highest BCUT2D eigenvalue weighted by molar-refractivity contribution is 5.55. The third kappa shape index (κ3) is 3.60. The number of rotatable bonds is 9. The van der Waals surface area contributed by atoms with Crippen LogP contribution in [0.25, 0.3) is 0 Å². The van der Waals surface area contributed by atoms with Crippen LogP contribution in [0, 0.1) is 0 Å². The average molecular weight is 389 g/mol. The first-order valence-corrected chi connectivity index (χ1v) is 10.9. The molecule has 0 unspecified atom stereocenters. The van der Waals surface area contributed by atoms with Crippen molar-refractivity contribution < 1.29 is 24.1 Å². The van der Waals surface area contributed by atoms with Crippen molar-refractivity contribution in [1.82, 2.24) is 0 Å². The first-order chi connectivity index (χ1) is 13.7. The van der Waals surface area contributed by atoms with Crippen molar-refractivity contribution in [2.45, 2.75) is 88.1 Å². The molecular weight excluding hydrogens is 356 g/mol. The second-order valence-electron chi connectivity index (χ2n) is 8.45. The quantitative estimate of drug-likeness (QED) is 0.511. The van der Waals surface area contributed by atoms with E-state index in [1.54, 1.807) is 0 Å². The van der Waals surface area contributed by atoms with E-state index in [1.165, 1.54) is 6.42 Å². The minimum Gasteiger partial charge on any atom is -0.461 e. The van der Waals surface area contributed by atoms with Crippen LogP contribution in [0.2, 0.25) is 0 Å². The normalized spacial score (nSPS) is 31.2. The zero-order valence-corrected chi connectivity index (χ0v) is 16.7. The van der Waals surface area contributed by atoms with Gasteiger partial charge < -0.3 is 24.1 Å². The molecule has 1 N–H and O–H groups in total. The molecular formula is C23H32O5. The third-order valence-corrected chi connectivity index (χ3v) is 6.72. The molecule has 0 bridgehead atoms. The van der Waals surface area contributed by atoms with Gasteiger partial charge in [0.1, 0.15) is 12.0 Å². The maximum atomic E-state index is 11.2. The Morgan fingerprint density at radius 2 is 2.14 bits per heavy atom. The number of hydrogen-bond acceptors (Lipinski definition) is 5. The lowest BCUT2D eigenvalue weighted by Crippen LogP contribution is -2.47. The highest BCUT2D eigenvalue weighted by atomic mass is 16.7. The molecule has 28 heavy (non-hydrogen) atoms. The molecule has 1 aliphatic carbocycles. The molecule has 1 aromatic rings. The number of aliphatic hydroxyl groups is 1. The Bertz CT molecular complexity index is 684. The Morgan fingerprint density at radius 1 is 1.21 bits per heavy atom. The Kier molecular flexibility index (Phi) is 6.04. The fraction of sp³-hybridized carbons (Fsp3) is 0.696. The summed E-state index contributed by atoms with van der Waals surface area (Å²) in [4.78, 5) is 11.0. The van der Waals surface area contributed by atoms with E-state index in [4.69, 9.17) is 14.2 Å². The molecule has 3 aliphatic rings. The molecule has 0 radical (unpaired) electrons. The van der Waals surface area contributed by atoms with E-state index in [9.17, 15) is 9.90 Å². The van der Waals surface area contributed by atoms with Gasteiger partial charge in [-0.15, -0.1) is 0 Å². The molecule has 2 fully saturated rings. The lowest BCUT2D eigenvalue weighted by atomic mass is 9.73. The van der Waals surface area contributed by atoms with Crippen molar-refractivity contribution in [3.05, 3.63) is 29.3 Å². The fourth-order valence-corrected chi connectivity index (χ4v) is 5.24. The lowest BCUT2D eigenvalue weighted by molar-refractivity contribution is -0.163. The summed E-state index contributed by atoms with van der Waals surface area (Å²) < 4.78 is 17.6. The van der Waals surface area contributed by atoms with E-state index in [1.807, 2.05) is 0 Å². The van der Waals surface area contributed by atoms with Crippen LogP contribution in [0.3, 0.4) is 0 Å². The van der Waals surface area contributed by atoms with Crippen LogP contribution in [0.15, 0.2) is 18.2 Å². The van der Waals surface area contributed by atoms with Crippen molar-refractivity contribution in [3.8, 4) is 5.75 Å². The summed E-state index contributed by atoms with van der Waals surface area (Å²) in [5, 5.41) is 11.2. The highest BCUT2D eigenvalue weighted by Gasteiger charge is 2.62. The van der Waals surface area contributed by atoms with E-state index >= 15 is 0 Å². The number of para-hydroxylation sites is 1. The summed E-state index contributed by atoms with van der Waals surface area (Å²) in [6.07, 6.45) is 10.7. The van der Waals surface area contributed by atoms with Crippen molar-refractivity contribution in [1.29, 1.82) is 0 Å². The Balaban J connectivity index is 1.38. The maximum Gasteiger partial charge on any atom is 0.218 e. The zero-order valence-electron chi connectivity index (χ0n) is 16.7. The van der Waals surface area contributed by atoms with Gasteiger partial charge in [-0.25, -0.2) is 0 Å². The Hall–Kier alpha value is -1.43. The summed E-state index contributed by atoms with van der Waals surface area (Å²) in [5.41, 5.74) is 1.82. The molecule has 2 aliphatic heterocycles. The van der Waals surface area contributed by atoms with Gasteiger partial charge in [-0.05, 0) is 63.4 Å². The van der Waals surface area contributed by atoms with Crippen molar-refractivity contribution in [2.24, 2.45) is 0 Å². The molecule has 1 saturated carbocycles. The van der Waals surface area contributed by atoms with Gasteiger partial charge in [0.2, 0.25) is 5.79 Å². The SMILES string of the molecule is O=CCC[C@]12CCC[C@@]1(O)Oc1c(CCCCO[C@@H]3CCCCO3)cccc12. The lowest BCUT2D eigenvalue weighted by Gasteiger charge is -2.34. The fourth-order valence-electron chi connectivity index (χ4n) is 5.24. The van der Waals surface area contributed by atoms with Crippen LogP contribution in [0.4, 0.5) is 0 Å². The van der Waals surface area contributed by atoms with Crippen LogP contribution < -0.4 is 4.74 Å². The van der Waals surface area contributed by atoms with Crippen LogP contribution >= 0.6 is 0 Å². The second-order valence-corrected chi connectivity index (χ2v) is 8.45. The summed E-state index contributed by atoms with van der Waals surface area (Å²) in [6.45, 7) is 1.53. The molecule has 5 nitrogen and oxygen atoms in total. The second kappa shape index (κ2) is 8.52. The molecule has 0 amide bonds. The van der Waals surface area contributed by atoms with Gasteiger partial charge >= 0.3 is 0 Å². The van der Waals surface area contributed by atoms with Gasteiger partial charge in [0.15, 0.2) is 6.29 Å². The van der Waals surface area contributed by atoms with Crippen LogP contribution in [-0.4, -0.2) is 36.7 Å². The summed E-state index contributed by atoms with van der Waals surface area (Å²) >= 11 is 0. The minimum atomic E-state index is -1.16. The number of carbonyl (C=O) groups excluding carboxylic acids is 1. The number of fused-ring (bicyclic) bond motifs is 3. The molecule has 2 heterocycles. The van der Waals surface area contributed by atoms with Crippen LogP contribution in [0.5, 0.6) is 5.75 Å². The standard InChI is InChI=1S/C23H32O5/c24-15-7-13-22-12-6-14-23(22,25)28-21-18(9-5-10-19(21)22)8-1-3-16-26-20-11-2-4-17-27-20/h5,9-10,15,20,25H,1-4,6-8,11-14,16-17H2/t20-,22-,23+/m0/s1. The Labute approximate surface area is 167 Å². The van der Waals surface area contributed by atoms with Crippen LogP contribution in [-0.2, 0) is 26.1 Å². The van der Waals surface area contributed by atoms with Crippen molar-refractivity contribution in [3.63, 3.8) is 0 Å². The predicted octanol–water partition coefficient (Wildman–Crippen LogP) is 4.03. The van der Waals surface area contributed by atoms with E-state index in [-0.39, 0.29) is 6.29 Å². The summed E-state index contributed by atoms with van der Waals surface area (Å²) in [5.74, 6) is -0.303. The van der Waals surface area contributed by atoms with Gasteiger partial charge in [0, 0.05) is 31.6 Å². The van der Waals surface area contributed by atoms with E-state index in [2.05, 4.69) is 18.2 Å². The molecule has 0 aromatic heterocycles. The molecule has 3 atom stereocenters. The third-order valence-electron chi connectivity index (χ3n) is 6.72. The highest BCUT2D eigenvalue weighted by Crippen LogP contribution is 2.60. The molecule has 1 aromatic carbocycles. The first-order valence-electron chi connectivity index (χ1n) is 10.9. The number of benzene rings is 1. The molecule has 0 spiro atoms. The zero-order chi connectivity index (χ0) is 19.5. The number of ether oxygens (including phenoxy) is 3. The smallest absolute Gasteiger partial charge is 0.218 e. The Morgan fingerprint density at radius 3 is 2.96 bits per heavy atom. The van der Waals surface area contributed by atoms with Gasteiger partial charge in [0.25, 0.3) is 0 Å². The number of hydrogen-bond donors (Lipinski definition) is 1. The molecule has 154 valence electrons. The molecule has 1 saturated heterocycles. The number of unbranched alkanes of at least 4 members (excludes halogenated alkanes) is 1. The van der Waals surface area contributed by atoms with Gasteiger partial charge in [-0.1, -0.05) is 18.2 Å². The first kappa shape index (κ1) is 19.9. The average Bonchev–Trinajstić information content (AvgIpc) is 3.16. The van der Waals surface area contributed by atoms with E-state index < -0.39 is 11.2 Å². The van der Waals surface area contributed by atoms with Gasteiger partial charge in [-0.2, -0.15) is 0 Å². The topological polar surface area (TPSA) is 65.0 Å². The van der Waals surface area contributed by atoms with Gasteiger partial charge in [-0.3, -0.25) is 0 Å². The number of carbonyl (C=O) groups is 1. The molecule has 4 rings (SSSR count). The maximum absolute atomic E-state index is 11.2. The van der Waals surface area contributed by atoms with Crippen molar-refractivity contribution in [2.75, 3.05) is 13.2 Å². The van der Waals surface area contributed by atoms with E-state index in [0.717, 1.165) is 74.7 Å². The summed E-state index contributed by atoms with van der Waals surface area (Å²) in [7, 11) is 0. The molecule has 5 heteroatoms. The number of aldehydes is 1. The van der Waals surface area contributed by atoms with E-state index in [0.29, 0.717) is 25.9 Å². The summed E-state index contributed by atoms with van der Waals surface area (Å²) in [6, 6.07) is 6.24. The monoisotopic (exact) mass is 388 g/mol. The predicted molar refractivity (Wildman–Crippen MR) is 105 cm³/mol.